The van der Waals surface area contributed by atoms with Crippen LogP contribution in [0.25, 0.3) is 0 Å². The number of ether oxygens (including phenoxy) is 2. The maximum Gasteiger partial charge on any atom is 0.416 e. The molecular weight excluding hydrogens is 347 g/mol. The van der Waals surface area contributed by atoms with Crippen molar-refractivity contribution in [1.82, 2.24) is 0 Å². The molecule has 7 heteroatoms. The third kappa shape index (κ3) is 1.90. The van der Waals surface area contributed by atoms with E-state index in [0.717, 1.165) is 25.3 Å². The van der Waals surface area contributed by atoms with Crippen LogP contribution in [0.5, 0.6) is 0 Å². The summed E-state index contributed by atoms with van der Waals surface area (Å²) in [6.07, 6.45) is -2.58. The minimum atomic E-state index is -4.46. The lowest BCUT2D eigenvalue weighted by Gasteiger charge is -2.41. The summed E-state index contributed by atoms with van der Waals surface area (Å²) in [5.74, 6) is -0.640. The van der Waals surface area contributed by atoms with E-state index in [1.807, 2.05) is 6.92 Å². The van der Waals surface area contributed by atoms with Crippen LogP contribution in [0.4, 0.5) is 18.9 Å². The monoisotopic (exact) mass is 367 g/mol. The van der Waals surface area contributed by atoms with Gasteiger partial charge in [-0.3, -0.25) is 9.69 Å². The summed E-state index contributed by atoms with van der Waals surface area (Å²) in [6, 6.07) is 4.08. The van der Waals surface area contributed by atoms with Crippen LogP contribution in [0, 0.1) is 18.8 Å². The van der Waals surface area contributed by atoms with Crippen molar-refractivity contribution in [1.29, 1.82) is 0 Å². The number of halogens is 3. The molecule has 1 amide bonds. The molecule has 4 saturated heterocycles. The summed E-state index contributed by atoms with van der Waals surface area (Å²) in [5, 5.41) is 0. The molecule has 1 aromatic carbocycles. The van der Waals surface area contributed by atoms with E-state index >= 15 is 0 Å². The van der Waals surface area contributed by atoms with Crippen LogP contribution in [0.1, 0.15) is 37.3 Å². The number of alkyl halides is 3. The molecule has 1 aromatic rings. The van der Waals surface area contributed by atoms with Gasteiger partial charge in [0.2, 0.25) is 5.91 Å². The van der Waals surface area contributed by atoms with E-state index in [0.29, 0.717) is 6.61 Å². The highest BCUT2D eigenvalue weighted by Crippen LogP contribution is 2.65. The fraction of sp³-hybridized carbons (Fsp3) is 0.632. The van der Waals surface area contributed by atoms with Crippen molar-refractivity contribution in [2.24, 2.45) is 11.8 Å². The largest absolute Gasteiger partial charge is 0.416 e. The first-order valence-electron chi connectivity index (χ1n) is 8.99. The average Bonchev–Trinajstić information content (AvgIpc) is 3.14. The van der Waals surface area contributed by atoms with Crippen molar-refractivity contribution in [3.63, 3.8) is 0 Å². The number of carbonyl (C=O) groups is 1. The van der Waals surface area contributed by atoms with Gasteiger partial charge in [0, 0.05) is 18.0 Å². The Morgan fingerprint density at radius 3 is 2.73 bits per heavy atom. The second kappa shape index (κ2) is 4.81. The van der Waals surface area contributed by atoms with E-state index in [4.69, 9.17) is 9.47 Å². The number of rotatable bonds is 1. The predicted molar refractivity (Wildman–Crippen MR) is 86.5 cm³/mol. The van der Waals surface area contributed by atoms with E-state index in [9.17, 15) is 18.0 Å². The van der Waals surface area contributed by atoms with Gasteiger partial charge in [0.25, 0.3) is 0 Å². The van der Waals surface area contributed by atoms with Gasteiger partial charge in [-0.05, 0) is 44.4 Å². The maximum atomic E-state index is 13.3. The Hall–Kier alpha value is -1.60. The minimum Gasteiger partial charge on any atom is -0.367 e. The zero-order chi connectivity index (χ0) is 18.5. The maximum absolute atomic E-state index is 13.3. The van der Waals surface area contributed by atoms with E-state index in [-0.39, 0.29) is 34.6 Å². The topological polar surface area (TPSA) is 38.8 Å². The van der Waals surface area contributed by atoms with Gasteiger partial charge in [0.05, 0.1) is 29.3 Å². The molecule has 4 heterocycles. The van der Waals surface area contributed by atoms with Crippen molar-refractivity contribution in [2.75, 3.05) is 11.5 Å². The van der Waals surface area contributed by atoms with E-state index in [2.05, 4.69) is 0 Å². The van der Waals surface area contributed by atoms with Gasteiger partial charge in [-0.1, -0.05) is 6.07 Å². The Bertz CT molecular complexity index is 806. The molecule has 4 fully saturated rings. The highest BCUT2D eigenvalue weighted by molar-refractivity contribution is 5.99. The number of amides is 1. The molecule has 4 aliphatic rings. The van der Waals surface area contributed by atoms with Crippen LogP contribution in [0.15, 0.2) is 18.2 Å². The lowest BCUT2D eigenvalue weighted by Crippen LogP contribution is -2.51. The summed E-state index contributed by atoms with van der Waals surface area (Å²) in [7, 11) is 0. The Kier molecular flexibility index (Phi) is 3.07. The van der Waals surface area contributed by atoms with Crippen LogP contribution < -0.4 is 4.90 Å². The molecule has 0 aliphatic carbocycles. The third-order valence-corrected chi connectivity index (χ3v) is 6.79. The first-order chi connectivity index (χ1) is 12.2. The van der Waals surface area contributed by atoms with Gasteiger partial charge in [-0.25, -0.2) is 0 Å². The number of anilines is 1. The molecule has 5 atom stereocenters. The minimum absolute atomic E-state index is 0.113. The number of hydrogen-bond acceptors (Lipinski definition) is 3. The molecule has 2 bridgehead atoms. The van der Waals surface area contributed by atoms with E-state index in [1.165, 1.54) is 17.9 Å². The lowest BCUT2D eigenvalue weighted by molar-refractivity contribution is -0.140. The molecule has 4 nitrogen and oxygen atoms in total. The summed E-state index contributed by atoms with van der Waals surface area (Å²) >= 11 is 0. The predicted octanol–water partition coefficient (Wildman–Crippen LogP) is 3.66. The highest BCUT2D eigenvalue weighted by atomic mass is 19.4. The summed E-state index contributed by atoms with van der Waals surface area (Å²) in [4.78, 5) is 14.7. The lowest BCUT2D eigenvalue weighted by atomic mass is 9.66. The van der Waals surface area contributed by atoms with Crippen molar-refractivity contribution < 1.29 is 27.4 Å². The fourth-order valence-corrected chi connectivity index (χ4v) is 5.65. The van der Waals surface area contributed by atoms with Crippen molar-refractivity contribution in [2.45, 2.75) is 56.7 Å². The molecule has 1 spiro atoms. The summed E-state index contributed by atoms with van der Waals surface area (Å²) in [6.45, 7) is 3.83. The van der Waals surface area contributed by atoms with Gasteiger partial charge in [0.1, 0.15) is 6.23 Å². The highest BCUT2D eigenvalue weighted by Gasteiger charge is 2.75. The van der Waals surface area contributed by atoms with Crippen molar-refractivity contribution in [3.05, 3.63) is 29.3 Å². The fourth-order valence-electron chi connectivity index (χ4n) is 5.65. The summed E-state index contributed by atoms with van der Waals surface area (Å²) < 4.78 is 52.2. The van der Waals surface area contributed by atoms with Gasteiger partial charge >= 0.3 is 6.18 Å². The number of benzene rings is 1. The number of aryl methyl sites for hydroxylation is 1. The van der Waals surface area contributed by atoms with Gasteiger partial charge in [-0.15, -0.1) is 0 Å². The molecular formula is C19H20F3NO3. The molecule has 0 N–H and O–H groups in total. The number of fused-ring (bicyclic) bond motifs is 2. The Labute approximate surface area is 149 Å². The van der Waals surface area contributed by atoms with Crippen LogP contribution in [-0.4, -0.2) is 29.9 Å². The zero-order valence-corrected chi connectivity index (χ0v) is 14.6. The molecule has 0 radical (unpaired) electrons. The zero-order valence-electron chi connectivity index (χ0n) is 14.6. The standard InChI is InChI=1S/C19H20F3NO3/c1-10-3-4-11(9-12(10)19(20,21)22)23-15(24)13-14-16(23)25-8-7-18(14)6-5-17(13,2)26-18/h3-4,9,13-14,16H,5-8H2,1-2H3/t13-,14+,16+,17-,18-/m0/s1. The molecule has 4 aliphatic heterocycles. The van der Waals surface area contributed by atoms with Crippen molar-refractivity contribution >= 4 is 11.6 Å². The number of hydrogen-bond donors (Lipinski definition) is 0. The summed E-state index contributed by atoms with van der Waals surface area (Å²) in [5.41, 5.74) is -1.22. The second-order valence-electron chi connectivity index (χ2n) is 8.20. The number of carbonyl (C=O) groups excluding carboxylic acids is 1. The van der Waals surface area contributed by atoms with Gasteiger partial charge in [-0.2, -0.15) is 13.2 Å². The Morgan fingerprint density at radius 1 is 1.23 bits per heavy atom. The van der Waals surface area contributed by atoms with Gasteiger partial charge in [0.15, 0.2) is 0 Å². The second-order valence-corrected chi connectivity index (χ2v) is 8.20. The molecule has 26 heavy (non-hydrogen) atoms. The molecule has 0 saturated carbocycles. The average molecular weight is 367 g/mol. The number of nitrogens with zero attached hydrogens (tertiary/aromatic N) is 1. The SMILES string of the molecule is Cc1ccc(N2C(=O)[C@@H]3[C@@H]4[C@H]2OCC[C@@]42CC[C@]3(C)O2)cc1C(F)(F)F. The molecule has 0 unspecified atom stereocenters. The van der Waals surface area contributed by atoms with Crippen LogP contribution in [-0.2, 0) is 20.4 Å². The van der Waals surface area contributed by atoms with Crippen LogP contribution in [0.3, 0.4) is 0 Å². The van der Waals surface area contributed by atoms with Crippen LogP contribution in [0.2, 0.25) is 0 Å². The van der Waals surface area contributed by atoms with E-state index < -0.39 is 23.6 Å². The normalized spacial score (nSPS) is 41.0. The van der Waals surface area contributed by atoms with E-state index in [1.54, 1.807) is 6.07 Å². The Morgan fingerprint density at radius 2 is 2.00 bits per heavy atom. The molecule has 140 valence electrons. The van der Waals surface area contributed by atoms with Crippen LogP contribution >= 0.6 is 0 Å². The molecule has 5 rings (SSSR count). The van der Waals surface area contributed by atoms with Crippen molar-refractivity contribution in [3.8, 4) is 0 Å². The quantitative estimate of drug-likeness (QED) is 0.760. The van der Waals surface area contributed by atoms with Gasteiger partial charge < -0.3 is 9.47 Å². The molecule has 0 aromatic heterocycles. The first-order valence-corrected chi connectivity index (χ1v) is 8.99. The smallest absolute Gasteiger partial charge is 0.367 e. The first kappa shape index (κ1) is 16.6. The third-order valence-electron chi connectivity index (χ3n) is 6.79. The Balaban J connectivity index is 1.61.